The maximum absolute atomic E-state index is 11.8. The summed E-state index contributed by atoms with van der Waals surface area (Å²) in [4.78, 5) is 0. The van der Waals surface area contributed by atoms with Crippen LogP contribution in [0.3, 0.4) is 0 Å². The molecule has 0 aromatic heterocycles. The number of aliphatic hydroxyl groups is 2. The lowest BCUT2D eigenvalue weighted by molar-refractivity contribution is -0.159. The molecule has 1 unspecified atom stereocenters. The minimum atomic E-state index is -1.55. The molecule has 1 aliphatic rings. The SMILES string of the molecule is OCCOC1(O)CC=c2cc(-c3ccccc3)ccc2=C1c1cccc2cc(-c3ccccc3)ccc12. The second-order valence-electron chi connectivity index (χ2n) is 9.42. The van der Waals surface area contributed by atoms with Crippen LogP contribution in [0.2, 0.25) is 0 Å². The van der Waals surface area contributed by atoms with Crippen molar-refractivity contribution in [3.63, 3.8) is 0 Å². The Hall–Kier alpha value is -4.02. The Morgan fingerprint density at radius 2 is 1.35 bits per heavy atom. The van der Waals surface area contributed by atoms with Gasteiger partial charge in [0.2, 0.25) is 0 Å². The summed E-state index contributed by atoms with van der Waals surface area (Å²) in [7, 11) is 0. The van der Waals surface area contributed by atoms with E-state index in [2.05, 4.69) is 66.7 Å². The molecule has 3 nitrogen and oxygen atoms in total. The van der Waals surface area contributed by atoms with Gasteiger partial charge in [0.15, 0.2) is 5.79 Å². The van der Waals surface area contributed by atoms with Gasteiger partial charge in [-0.3, -0.25) is 0 Å². The van der Waals surface area contributed by atoms with E-state index in [1.54, 1.807) is 0 Å². The zero-order valence-electron chi connectivity index (χ0n) is 20.5. The highest BCUT2D eigenvalue weighted by atomic mass is 16.6. The number of aliphatic hydroxyl groups excluding tert-OH is 1. The molecule has 5 aromatic carbocycles. The number of fused-ring (bicyclic) bond motifs is 2. The zero-order valence-corrected chi connectivity index (χ0v) is 20.5. The molecule has 0 aliphatic heterocycles. The van der Waals surface area contributed by atoms with Crippen LogP contribution in [-0.4, -0.2) is 29.2 Å². The van der Waals surface area contributed by atoms with E-state index < -0.39 is 5.79 Å². The fraction of sp³-hybridized carbons (Fsp3) is 0.118. The first-order valence-electron chi connectivity index (χ1n) is 12.6. The standard InChI is InChI=1S/C34H28O3/c35-20-21-37-34(36)19-18-29-23-27(25-10-5-2-6-11-25)15-17-31(29)33(34)32-13-7-12-28-22-26(14-16-30(28)32)24-8-3-1-4-9-24/h1-18,22-23,35-36H,19-21H2. The molecule has 0 radical (unpaired) electrons. The van der Waals surface area contributed by atoms with Crippen LogP contribution in [0.1, 0.15) is 12.0 Å². The molecule has 1 atom stereocenters. The van der Waals surface area contributed by atoms with Crippen LogP contribution in [0.4, 0.5) is 0 Å². The molecular weight excluding hydrogens is 456 g/mol. The molecule has 0 spiro atoms. The second kappa shape index (κ2) is 9.79. The number of hydrogen-bond donors (Lipinski definition) is 2. The quantitative estimate of drug-likeness (QED) is 0.324. The second-order valence-corrected chi connectivity index (χ2v) is 9.42. The number of benzene rings is 5. The van der Waals surface area contributed by atoms with Crippen molar-refractivity contribution in [3.05, 3.63) is 131 Å². The van der Waals surface area contributed by atoms with E-state index in [1.165, 1.54) is 0 Å². The zero-order chi connectivity index (χ0) is 25.2. The molecule has 0 saturated carbocycles. The third-order valence-electron chi connectivity index (χ3n) is 7.11. The Morgan fingerprint density at radius 1 is 0.676 bits per heavy atom. The molecule has 0 saturated heterocycles. The van der Waals surface area contributed by atoms with E-state index in [1.807, 2.05) is 54.6 Å². The van der Waals surface area contributed by atoms with Gasteiger partial charge >= 0.3 is 0 Å². The Bertz CT molecular complexity index is 1690. The maximum Gasteiger partial charge on any atom is 0.197 e. The van der Waals surface area contributed by atoms with Crippen LogP contribution in [0.15, 0.2) is 115 Å². The van der Waals surface area contributed by atoms with Crippen molar-refractivity contribution in [1.82, 2.24) is 0 Å². The number of ether oxygens (including phenoxy) is 1. The monoisotopic (exact) mass is 484 g/mol. The molecule has 0 amide bonds. The summed E-state index contributed by atoms with van der Waals surface area (Å²) in [5.74, 6) is -1.55. The summed E-state index contributed by atoms with van der Waals surface area (Å²) in [6, 6.07) is 39.6. The van der Waals surface area contributed by atoms with Gasteiger partial charge in [-0.2, -0.15) is 0 Å². The minimum absolute atomic E-state index is 0.0498. The first kappa shape index (κ1) is 23.4. The Kier molecular flexibility index (Phi) is 6.19. The number of hydrogen-bond acceptors (Lipinski definition) is 3. The molecule has 37 heavy (non-hydrogen) atoms. The topological polar surface area (TPSA) is 49.7 Å². The van der Waals surface area contributed by atoms with Crippen molar-refractivity contribution in [3.8, 4) is 22.3 Å². The van der Waals surface area contributed by atoms with E-state index in [9.17, 15) is 10.2 Å². The van der Waals surface area contributed by atoms with Gasteiger partial charge < -0.3 is 14.9 Å². The molecule has 0 heterocycles. The largest absolute Gasteiger partial charge is 0.394 e. The van der Waals surface area contributed by atoms with Gasteiger partial charge in [-0.05, 0) is 61.2 Å². The van der Waals surface area contributed by atoms with E-state index in [0.717, 1.165) is 54.6 Å². The van der Waals surface area contributed by atoms with Crippen molar-refractivity contribution in [2.24, 2.45) is 0 Å². The predicted octanol–water partition coefficient (Wildman–Crippen LogP) is 5.25. The predicted molar refractivity (Wildman–Crippen MR) is 150 cm³/mol. The van der Waals surface area contributed by atoms with E-state index in [4.69, 9.17) is 4.74 Å². The highest BCUT2D eigenvalue weighted by Gasteiger charge is 2.36. The highest BCUT2D eigenvalue weighted by molar-refractivity contribution is 5.97. The molecular formula is C34H28O3. The van der Waals surface area contributed by atoms with Crippen LogP contribution < -0.4 is 10.4 Å². The van der Waals surface area contributed by atoms with E-state index in [-0.39, 0.29) is 13.2 Å². The van der Waals surface area contributed by atoms with Crippen molar-refractivity contribution >= 4 is 22.4 Å². The third kappa shape index (κ3) is 4.38. The molecule has 6 rings (SSSR count). The summed E-state index contributed by atoms with van der Waals surface area (Å²) < 4.78 is 5.94. The molecule has 182 valence electrons. The fourth-order valence-corrected chi connectivity index (χ4v) is 5.34. The molecule has 2 N–H and O–H groups in total. The average molecular weight is 485 g/mol. The summed E-state index contributed by atoms with van der Waals surface area (Å²) in [5, 5.41) is 25.5. The third-order valence-corrected chi connectivity index (χ3v) is 7.11. The van der Waals surface area contributed by atoms with Gasteiger partial charge in [0, 0.05) is 12.0 Å². The van der Waals surface area contributed by atoms with Gasteiger partial charge in [-0.25, -0.2) is 0 Å². The van der Waals surface area contributed by atoms with Crippen molar-refractivity contribution in [1.29, 1.82) is 0 Å². The maximum atomic E-state index is 11.8. The molecule has 0 fully saturated rings. The van der Waals surface area contributed by atoms with Crippen LogP contribution >= 0.6 is 0 Å². The number of rotatable bonds is 6. The summed E-state index contributed by atoms with van der Waals surface area (Å²) in [6.45, 7) is -0.112. The Morgan fingerprint density at radius 3 is 2.05 bits per heavy atom. The Labute approximate surface area is 216 Å². The fourth-order valence-electron chi connectivity index (χ4n) is 5.34. The smallest absolute Gasteiger partial charge is 0.197 e. The first-order chi connectivity index (χ1) is 18.2. The molecule has 5 aromatic rings. The van der Waals surface area contributed by atoms with Gasteiger partial charge in [0.05, 0.1) is 13.2 Å². The Balaban J connectivity index is 1.58. The van der Waals surface area contributed by atoms with Gasteiger partial charge in [-0.1, -0.05) is 109 Å². The van der Waals surface area contributed by atoms with Gasteiger partial charge in [0.1, 0.15) is 0 Å². The lowest BCUT2D eigenvalue weighted by atomic mass is 9.84. The minimum Gasteiger partial charge on any atom is -0.394 e. The van der Waals surface area contributed by atoms with Crippen molar-refractivity contribution in [2.45, 2.75) is 12.2 Å². The van der Waals surface area contributed by atoms with Gasteiger partial charge in [0.25, 0.3) is 0 Å². The van der Waals surface area contributed by atoms with Gasteiger partial charge in [-0.15, -0.1) is 0 Å². The summed E-state index contributed by atoms with van der Waals surface area (Å²) >= 11 is 0. The van der Waals surface area contributed by atoms with E-state index >= 15 is 0 Å². The molecule has 1 aliphatic carbocycles. The van der Waals surface area contributed by atoms with E-state index in [0.29, 0.717) is 6.42 Å². The average Bonchev–Trinajstić information content (AvgIpc) is 2.96. The highest BCUT2D eigenvalue weighted by Crippen LogP contribution is 2.36. The molecule has 3 heteroatoms. The van der Waals surface area contributed by atoms with Crippen LogP contribution in [0.5, 0.6) is 0 Å². The lowest BCUT2D eigenvalue weighted by Crippen LogP contribution is -2.45. The first-order valence-corrected chi connectivity index (χ1v) is 12.6. The normalized spacial score (nSPS) is 16.9. The summed E-state index contributed by atoms with van der Waals surface area (Å²) in [5.41, 5.74) is 6.25. The van der Waals surface area contributed by atoms with Crippen LogP contribution in [0, 0.1) is 0 Å². The lowest BCUT2D eigenvalue weighted by Gasteiger charge is -2.33. The van der Waals surface area contributed by atoms with Crippen molar-refractivity contribution in [2.75, 3.05) is 13.2 Å². The van der Waals surface area contributed by atoms with Crippen LogP contribution in [0.25, 0.3) is 44.7 Å². The van der Waals surface area contributed by atoms with Crippen LogP contribution in [-0.2, 0) is 4.74 Å². The summed E-state index contributed by atoms with van der Waals surface area (Å²) in [6.07, 6.45) is 2.33. The molecule has 0 bridgehead atoms. The van der Waals surface area contributed by atoms with Crippen molar-refractivity contribution < 1.29 is 14.9 Å².